The Labute approximate surface area is 330 Å². The van der Waals surface area contributed by atoms with Crippen LogP contribution in [0, 0.1) is 0 Å². The first kappa shape index (κ1) is 51.3. The third-order valence-electron chi connectivity index (χ3n) is 9.77. The summed E-state index contributed by atoms with van der Waals surface area (Å²) in [5.74, 6) is -1.12. The molecule has 6 N–H and O–H groups in total. The van der Waals surface area contributed by atoms with Crippen molar-refractivity contribution in [3.63, 3.8) is 0 Å². The summed E-state index contributed by atoms with van der Waals surface area (Å²) in [6, 6.07) is 0. The number of aliphatic hydroxyl groups is 5. The van der Waals surface area contributed by atoms with Gasteiger partial charge < -0.3 is 39.9 Å². The molecule has 14 heteroatoms. The van der Waals surface area contributed by atoms with Crippen molar-refractivity contribution < 1.29 is 63.1 Å². The smallest absolute Gasteiger partial charge is 0.462 e. The fraction of sp³-hybridized carbons (Fsp3) is 0.854. The van der Waals surface area contributed by atoms with E-state index in [-0.39, 0.29) is 12.8 Å². The minimum Gasteiger partial charge on any atom is -0.462 e. The molecule has 1 fully saturated rings. The van der Waals surface area contributed by atoms with E-state index in [0.29, 0.717) is 12.8 Å². The fourth-order valence-corrected chi connectivity index (χ4v) is 7.25. The molecule has 322 valence electrons. The van der Waals surface area contributed by atoms with Crippen LogP contribution in [0.2, 0.25) is 0 Å². The molecule has 0 aliphatic heterocycles. The summed E-state index contributed by atoms with van der Waals surface area (Å²) in [7, 11) is -5.11. The van der Waals surface area contributed by atoms with Gasteiger partial charge in [-0.1, -0.05) is 115 Å². The molecule has 1 aliphatic carbocycles. The molecule has 8 atom stereocenters. The predicted molar refractivity (Wildman–Crippen MR) is 212 cm³/mol. The first-order valence-electron chi connectivity index (χ1n) is 21.1. The molecule has 1 saturated carbocycles. The summed E-state index contributed by atoms with van der Waals surface area (Å²) in [5, 5.41) is 50.0. The van der Waals surface area contributed by atoms with Gasteiger partial charge in [-0.05, 0) is 64.2 Å². The molecule has 55 heavy (non-hydrogen) atoms. The van der Waals surface area contributed by atoms with Crippen molar-refractivity contribution in [2.24, 2.45) is 0 Å². The number of ether oxygens (including phenoxy) is 2. The zero-order valence-electron chi connectivity index (χ0n) is 33.7. The van der Waals surface area contributed by atoms with Crippen LogP contribution >= 0.6 is 7.82 Å². The zero-order valence-corrected chi connectivity index (χ0v) is 34.6. The predicted octanol–water partition coefficient (Wildman–Crippen LogP) is 7.28. The van der Waals surface area contributed by atoms with Gasteiger partial charge in [0.2, 0.25) is 0 Å². The van der Waals surface area contributed by atoms with Crippen molar-refractivity contribution in [1.82, 2.24) is 0 Å². The Morgan fingerprint density at radius 3 is 1.42 bits per heavy atom. The van der Waals surface area contributed by atoms with E-state index in [4.69, 9.17) is 18.5 Å². The molecule has 1 aliphatic rings. The number of allylic oxidation sites excluding steroid dienone is 4. The van der Waals surface area contributed by atoms with Crippen molar-refractivity contribution in [3.8, 4) is 0 Å². The van der Waals surface area contributed by atoms with Gasteiger partial charge in [0.25, 0.3) is 0 Å². The van der Waals surface area contributed by atoms with Crippen molar-refractivity contribution in [1.29, 1.82) is 0 Å². The average Bonchev–Trinajstić information content (AvgIpc) is 3.16. The van der Waals surface area contributed by atoms with E-state index in [2.05, 4.69) is 38.2 Å². The first-order valence-corrected chi connectivity index (χ1v) is 22.6. The van der Waals surface area contributed by atoms with E-state index in [1.165, 1.54) is 51.4 Å². The van der Waals surface area contributed by atoms with Gasteiger partial charge in [0.1, 0.15) is 43.2 Å². The molecule has 0 spiro atoms. The molecule has 0 aromatic carbocycles. The van der Waals surface area contributed by atoms with Gasteiger partial charge in [0.15, 0.2) is 6.10 Å². The molecule has 6 unspecified atom stereocenters. The van der Waals surface area contributed by atoms with Crippen LogP contribution in [0.5, 0.6) is 0 Å². The number of esters is 2. The Balaban J connectivity index is 2.51. The molecule has 0 bridgehead atoms. The van der Waals surface area contributed by atoms with E-state index in [0.717, 1.165) is 77.0 Å². The van der Waals surface area contributed by atoms with E-state index in [1.807, 2.05) is 0 Å². The van der Waals surface area contributed by atoms with Gasteiger partial charge in [-0.3, -0.25) is 18.6 Å². The highest BCUT2D eigenvalue weighted by atomic mass is 31.2. The van der Waals surface area contributed by atoms with E-state index < -0.39 is 75.7 Å². The molecular weight excluding hydrogens is 731 g/mol. The molecule has 13 nitrogen and oxygen atoms in total. The number of hydrogen-bond acceptors (Lipinski definition) is 12. The van der Waals surface area contributed by atoms with Crippen molar-refractivity contribution in [2.45, 2.75) is 211 Å². The highest BCUT2D eigenvalue weighted by Crippen LogP contribution is 2.47. The van der Waals surface area contributed by atoms with Crippen LogP contribution in [0.3, 0.4) is 0 Å². The number of hydrogen-bond donors (Lipinski definition) is 6. The van der Waals surface area contributed by atoms with Crippen LogP contribution in [0.25, 0.3) is 0 Å². The van der Waals surface area contributed by atoms with Crippen LogP contribution < -0.4 is 0 Å². The Morgan fingerprint density at radius 2 is 0.927 bits per heavy atom. The number of aliphatic hydroxyl groups excluding tert-OH is 5. The van der Waals surface area contributed by atoms with Crippen LogP contribution in [0.15, 0.2) is 24.3 Å². The Morgan fingerprint density at radius 1 is 0.545 bits per heavy atom. The monoisotopic (exact) mass is 806 g/mol. The van der Waals surface area contributed by atoms with Gasteiger partial charge >= 0.3 is 19.8 Å². The SMILES string of the molecule is CCCCC/C=C/CCCCCCCC(=O)O[C@H](COC(=O)CCCCCCC/C=C/CCCCCCC)COP(=O)(O)OC1C(O)C(O)C(O)[C@@H](O)C1O. The second-order valence-electron chi connectivity index (χ2n) is 14.8. The van der Waals surface area contributed by atoms with Crippen LogP contribution in [-0.4, -0.2) is 98.3 Å². The molecule has 0 aromatic rings. The maximum Gasteiger partial charge on any atom is 0.472 e. The summed E-state index contributed by atoms with van der Waals surface area (Å²) < 4.78 is 33.4. The number of phosphoric acid groups is 1. The summed E-state index contributed by atoms with van der Waals surface area (Å²) in [4.78, 5) is 35.5. The average molecular weight is 807 g/mol. The van der Waals surface area contributed by atoms with Gasteiger partial charge in [-0.25, -0.2) is 4.57 Å². The number of phosphoric ester groups is 1. The standard InChI is InChI=1S/C41H75O13P/c1-3-5-7-9-11-13-15-17-18-20-21-23-25-27-29-34(42)51-31-33(53-35(43)30-28-26-24-22-19-16-14-12-10-8-6-4-2)32-52-55(49,50)54-41-39(47)37(45)36(44)38(46)40(41)48/h12,14-15,17,33,36-41,44-48H,3-11,13,16,18-32H2,1-2H3,(H,49,50)/b14-12+,17-15+/t33-,36?,37-,38?,39?,40?,41?/m1/s1. The first-order chi connectivity index (χ1) is 26.4. The van der Waals surface area contributed by atoms with Crippen molar-refractivity contribution in [2.75, 3.05) is 13.2 Å². The number of unbranched alkanes of at least 4 members (excludes halogenated alkanes) is 18. The number of carbonyl (C=O) groups is 2. The second-order valence-corrected chi connectivity index (χ2v) is 16.2. The van der Waals surface area contributed by atoms with E-state index >= 15 is 0 Å². The molecular formula is C41H75O13P. The lowest BCUT2D eigenvalue weighted by atomic mass is 9.85. The topological polar surface area (TPSA) is 210 Å². The quantitative estimate of drug-likeness (QED) is 0.0164. The molecule has 0 saturated heterocycles. The van der Waals surface area contributed by atoms with Gasteiger partial charge in [0.05, 0.1) is 6.61 Å². The number of rotatable bonds is 34. The third-order valence-corrected chi connectivity index (χ3v) is 10.8. The largest absolute Gasteiger partial charge is 0.472 e. The second kappa shape index (κ2) is 32.3. The van der Waals surface area contributed by atoms with Crippen LogP contribution in [0.4, 0.5) is 0 Å². The van der Waals surface area contributed by atoms with E-state index in [9.17, 15) is 44.6 Å². The lowest BCUT2D eigenvalue weighted by Crippen LogP contribution is -2.64. The highest BCUT2D eigenvalue weighted by Gasteiger charge is 2.51. The van der Waals surface area contributed by atoms with Crippen LogP contribution in [-0.2, 0) is 32.7 Å². The fourth-order valence-electron chi connectivity index (χ4n) is 6.28. The minimum absolute atomic E-state index is 0.0858. The Bertz CT molecular complexity index is 1070. The van der Waals surface area contributed by atoms with E-state index in [1.54, 1.807) is 0 Å². The van der Waals surface area contributed by atoms with Gasteiger partial charge in [-0.15, -0.1) is 0 Å². The normalized spacial score (nSPS) is 23.3. The van der Waals surface area contributed by atoms with Gasteiger partial charge in [-0.2, -0.15) is 0 Å². The lowest BCUT2D eigenvalue weighted by molar-refractivity contribution is -0.220. The molecule has 0 amide bonds. The third kappa shape index (κ3) is 25.3. The lowest BCUT2D eigenvalue weighted by Gasteiger charge is -2.41. The highest BCUT2D eigenvalue weighted by molar-refractivity contribution is 7.47. The zero-order chi connectivity index (χ0) is 40.7. The van der Waals surface area contributed by atoms with Gasteiger partial charge in [0, 0.05) is 12.8 Å². The molecule has 0 heterocycles. The van der Waals surface area contributed by atoms with Crippen LogP contribution in [0.1, 0.15) is 168 Å². The summed E-state index contributed by atoms with van der Waals surface area (Å²) >= 11 is 0. The summed E-state index contributed by atoms with van der Waals surface area (Å²) in [6.45, 7) is 3.23. The van der Waals surface area contributed by atoms with Crippen molar-refractivity contribution >= 4 is 19.8 Å². The van der Waals surface area contributed by atoms with Crippen molar-refractivity contribution in [3.05, 3.63) is 24.3 Å². The summed E-state index contributed by atoms with van der Waals surface area (Å²) in [6.07, 6.45) is 19.6. The molecule has 0 aromatic heterocycles. The Hall–Kier alpha value is -1.67. The summed E-state index contributed by atoms with van der Waals surface area (Å²) in [5.41, 5.74) is 0. The molecule has 1 rings (SSSR count). The molecule has 0 radical (unpaired) electrons. The maximum atomic E-state index is 12.8. The number of carbonyl (C=O) groups excluding carboxylic acids is 2. The maximum absolute atomic E-state index is 12.8. The minimum atomic E-state index is -5.11. The Kier molecular flexibility index (Phi) is 30.2.